The Bertz CT molecular complexity index is 281. The fourth-order valence-electron chi connectivity index (χ4n) is 0.727. The highest BCUT2D eigenvalue weighted by molar-refractivity contribution is 5.51. The van der Waals surface area contributed by atoms with Gasteiger partial charge in [0.1, 0.15) is 11.4 Å². The maximum atomic E-state index is 3.83. The van der Waals surface area contributed by atoms with Crippen LogP contribution in [0.25, 0.3) is 11.4 Å². The summed E-state index contributed by atoms with van der Waals surface area (Å²) in [7, 11) is 0. The molecule has 0 saturated carbocycles. The lowest BCUT2D eigenvalue weighted by molar-refractivity contribution is 1.06. The highest BCUT2D eigenvalue weighted by Crippen LogP contribution is 2.09. The van der Waals surface area contributed by atoms with Crippen molar-refractivity contribution in [1.82, 2.24) is 20.4 Å². The van der Waals surface area contributed by atoms with Gasteiger partial charge in [0.05, 0.1) is 6.20 Å². The fraction of sp³-hybridized carbons (Fsp3) is 0. The first-order valence-electron chi connectivity index (χ1n) is 2.86. The lowest BCUT2D eigenvalue weighted by Gasteiger charge is -1.78. The highest BCUT2D eigenvalue weighted by atomic mass is 15.2. The first-order chi connectivity index (χ1) is 4.97. The smallest absolute Gasteiger partial charge is 0.133 e. The van der Waals surface area contributed by atoms with Crippen LogP contribution in [0.1, 0.15) is 0 Å². The third-order valence-electron chi connectivity index (χ3n) is 1.18. The molecule has 4 heteroatoms. The van der Waals surface area contributed by atoms with Crippen molar-refractivity contribution < 1.29 is 0 Å². The van der Waals surface area contributed by atoms with E-state index in [9.17, 15) is 0 Å². The van der Waals surface area contributed by atoms with E-state index in [-0.39, 0.29) is 0 Å². The van der Waals surface area contributed by atoms with Gasteiger partial charge in [-0.2, -0.15) is 10.2 Å². The van der Waals surface area contributed by atoms with E-state index >= 15 is 0 Å². The molecule has 0 radical (unpaired) electrons. The monoisotopic (exact) mass is 132 g/mol. The van der Waals surface area contributed by atoms with E-state index in [2.05, 4.69) is 20.4 Å². The van der Waals surface area contributed by atoms with Crippen molar-refractivity contribution >= 4 is 0 Å². The van der Waals surface area contributed by atoms with Crippen LogP contribution in [-0.4, -0.2) is 20.4 Å². The van der Waals surface area contributed by atoms with Gasteiger partial charge in [0.15, 0.2) is 0 Å². The van der Waals surface area contributed by atoms with Crippen LogP contribution in [0.15, 0.2) is 24.5 Å². The normalized spacial score (nSPS) is 10.0. The largest absolute Gasteiger partial charge is 0.158 e. The molecule has 0 aromatic heterocycles. The molecule has 2 heterocycles. The van der Waals surface area contributed by atoms with Crippen LogP contribution >= 0.6 is 0 Å². The van der Waals surface area contributed by atoms with Crippen molar-refractivity contribution in [1.29, 1.82) is 0 Å². The average molecular weight is 132 g/mol. The molecule has 0 saturated heterocycles. The molecule has 0 bridgehead atoms. The minimum Gasteiger partial charge on any atom is -0.158 e. The number of nitrogens with zero attached hydrogens (tertiary/aromatic N) is 4. The maximum Gasteiger partial charge on any atom is 0.133 e. The van der Waals surface area contributed by atoms with Gasteiger partial charge in [0.2, 0.25) is 0 Å². The highest BCUT2D eigenvalue weighted by Gasteiger charge is 2.01. The molecule has 0 spiro atoms. The average Bonchev–Trinajstić information content (AvgIpc) is 2.28. The Morgan fingerprint density at radius 2 is 1.90 bits per heavy atom. The molecule has 48 valence electrons. The summed E-state index contributed by atoms with van der Waals surface area (Å²) in [6.07, 6.45) is 3.20. The predicted octanol–water partition coefficient (Wildman–Crippen LogP) is 0.371. The van der Waals surface area contributed by atoms with Gasteiger partial charge in [-0.25, -0.2) is 0 Å². The summed E-state index contributed by atoms with van der Waals surface area (Å²) in [5.74, 6) is 0. The number of rotatable bonds is 0. The van der Waals surface area contributed by atoms with Crippen LogP contribution < -0.4 is 0 Å². The molecule has 0 aliphatic carbocycles. The SMILES string of the molecule is c1cnnc2cnnc-2c1. The Morgan fingerprint density at radius 1 is 1.00 bits per heavy atom. The second-order valence-corrected chi connectivity index (χ2v) is 1.84. The Kier molecular flexibility index (Phi) is 1.04. The number of fused-ring (bicyclic) bond motifs is 1. The van der Waals surface area contributed by atoms with Crippen molar-refractivity contribution in [2.45, 2.75) is 0 Å². The quantitative estimate of drug-likeness (QED) is 0.519. The van der Waals surface area contributed by atoms with Gasteiger partial charge in [0, 0.05) is 6.20 Å². The summed E-state index contributed by atoms with van der Waals surface area (Å²) in [6.45, 7) is 0. The molecule has 0 aromatic carbocycles. The first kappa shape index (κ1) is 5.22. The van der Waals surface area contributed by atoms with Gasteiger partial charge >= 0.3 is 0 Å². The standard InChI is InChI=1S/C6H4N4/c1-2-5-6(4-8-9-5)10-7-3-1/h1-4H. The molecule has 0 atom stereocenters. The third-order valence-corrected chi connectivity index (χ3v) is 1.18. The molecule has 0 unspecified atom stereocenters. The Labute approximate surface area is 57.3 Å². The Balaban J connectivity index is 2.74. The number of hydrogen-bond donors (Lipinski definition) is 0. The molecular formula is C6H4N4. The van der Waals surface area contributed by atoms with Crippen LogP contribution in [0.4, 0.5) is 0 Å². The third kappa shape index (κ3) is 0.699. The molecule has 2 aliphatic heterocycles. The van der Waals surface area contributed by atoms with E-state index in [1.54, 1.807) is 18.5 Å². The van der Waals surface area contributed by atoms with Gasteiger partial charge in [-0.1, -0.05) is 0 Å². The lowest BCUT2D eigenvalue weighted by atomic mass is 10.3. The van der Waals surface area contributed by atoms with E-state index in [4.69, 9.17) is 0 Å². The second kappa shape index (κ2) is 1.98. The molecule has 2 aliphatic rings. The van der Waals surface area contributed by atoms with Crippen molar-refractivity contribution in [3.8, 4) is 11.4 Å². The minimum atomic E-state index is 0.727. The molecular weight excluding hydrogens is 128 g/mol. The molecule has 0 fully saturated rings. The van der Waals surface area contributed by atoms with Gasteiger partial charge < -0.3 is 0 Å². The molecule has 0 amide bonds. The zero-order valence-electron chi connectivity index (χ0n) is 5.10. The van der Waals surface area contributed by atoms with Crippen LogP contribution in [0, 0.1) is 0 Å². The Hall–Kier alpha value is -1.58. The van der Waals surface area contributed by atoms with Crippen LogP contribution in [0.5, 0.6) is 0 Å². The van der Waals surface area contributed by atoms with Crippen LogP contribution in [-0.2, 0) is 0 Å². The van der Waals surface area contributed by atoms with Crippen LogP contribution in [0.2, 0.25) is 0 Å². The summed E-state index contributed by atoms with van der Waals surface area (Å²) in [5, 5.41) is 15.0. The van der Waals surface area contributed by atoms with Crippen molar-refractivity contribution in [2.24, 2.45) is 0 Å². The summed E-state index contributed by atoms with van der Waals surface area (Å²) in [5.41, 5.74) is 1.50. The molecule has 0 N–H and O–H groups in total. The predicted molar refractivity (Wildman–Crippen MR) is 34.2 cm³/mol. The summed E-state index contributed by atoms with van der Waals surface area (Å²) in [4.78, 5) is 0. The first-order valence-corrected chi connectivity index (χ1v) is 2.86. The summed E-state index contributed by atoms with van der Waals surface area (Å²) >= 11 is 0. The second-order valence-electron chi connectivity index (χ2n) is 1.84. The summed E-state index contributed by atoms with van der Waals surface area (Å²) in [6, 6.07) is 3.60. The fourth-order valence-corrected chi connectivity index (χ4v) is 0.727. The van der Waals surface area contributed by atoms with Crippen LogP contribution in [0.3, 0.4) is 0 Å². The number of hydrogen-bond acceptors (Lipinski definition) is 4. The van der Waals surface area contributed by atoms with Crippen molar-refractivity contribution in [3.63, 3.8) is 0 Å². The van der Waals surface area contributed by atoms with E-state index in [0.29, 0.717) is 0 Å². The number of aromatic nitrogens is 4. The molecule has 4 nitrogen and oxygen atoms in total. The zero-order chi connectivity index (χ0) is 6.81. The molecule has 2 rings (SSSR count). The van der Waals surface area contributed by atoms with Crippen molar-refractivity contribution in [2.75, 3.05) is 0 Å². The van der Waals surface area contributed by atoms with E-state index in [0.717, 1.165) is 11.4 Å². The van der Waals surface area contributed by atoms with E-state index < -0.39 is 0 Å². The van der Waals surface area contributed by atoms with E-state index in [1.165, 1.54) is 0 Å². The molecule has 10 heavy (non-hydrogen) atoms. The van der Waals surface area contributed by atoms with Gasteiger partial charge in [-0.05, 0) is 12.1 Å². The van der Waals surface area contributed by atoms with E-state index in [1.807, 2.05) is 6.07 Å². The van der Waals surface area contributed by atoms with Crippen molar-refractivity contribution in [3.05, 3.63) is 24.5 Å². The summed E-state index contributed by atoms with van der Waals surface area (Å²) < 4.78 is 0. The zero-order valence-corrected chi connectivity index (χ0v) is 5.10. The topological polar surface area (TPSA) is 51.6 Å². The minimum absolute atomic E-state index is 0.727. The van der Waals surface area contributed by atoms with Gasteiger partial charge in [-0.15, -0.1) is 10.2 Å². The molecule has 0 aromatic rings. The lowest BCUT2D eigenvalue weighted by Crippen LogP contribution is -1.75. The van der Waals surface area contributed by atoms with Gasteiger partial charge in [-0.3, -0.25) is 0 Å². The maximum absolute atomic E-state index is 3.83. The Morgan fingerprint density at radius 3 is 2.90 bits per heavy atom. The van der Waals surface area contributed by atoms with Gasteiger partial charge in [0.25, 0.3) is 0 Å².